The van der Waals surface area contributed by atoms with Crippen LogP contribution >= 0.6 is 0 Å². The number of nitrogens with zero attached hydrogens (tertiary/aromatic N) is 1. The highest BCUT2D eigenvalue weighted by Crippen LogP contribution is 2.41. The summed E-state index contributed by atoms with van der Waals surface area (Å²) in [4.78, 5) is 15.3. The first-order valence-corrected chi connectivity index (χ1v) is 10.2. The van der Waals surface area contributed by atoms with E-state index in [1.54, 1.807) is 44.6 Å². The van der Waals surface area contributed by atoms with Gasteiger partial charge in [-0.1, -0.05) is 6.92 Å². The van der Waals surface area contributed by atoms with Crippen molar-refractivity contribution in [1.82, 2.24) is 4.90 Å². The van der Waals surface area contributed by atoms with Gasteiger partial charge >= 0.3 is 0 Å². The van der Waals surface area contributed by atoms with Crippen molar-refractivity contribution in [2.75, 3.05) is 27.3 Å². The molecule has 30 heavy (non-hydrogen) atoms. The minimum absolute atomic E-state index is 0.156. The predicted molar refractivity (Wildman–Crippen MR) is 114 cm³/mol. The number of allylic oxidation sites excluding steroid dienone is 1. The van der Waals surface area contributed by atoms with E-state index in [-0.39, 0.29) is 17.3 Å². The lowest BCUT2D eigenvalue weighted by molar-refractivity contribution is 0.101. The number of methoxy groups -OCH3 is 2. The van der Waals surface area contributed by atoms with Crippen molar-refractivity contribution in [2.45, 2.75) is 26.3 Å². The van der Waals surface area contributed by atoms with Gasteiger partial charge in [-0.05, 0) is 55.6 Å². The summed E-state index contributed by atoms with van der Waals surface area (Å²) >= 11 is 0. The SMILES string of the molecule is COc1ccc(/C=C2\Oc3c(ccc(O)c3CN3CCC[C@H](C)C3)C2=O)c(OC)c1. The Labute approximate surface area is 176 Å². The second-order valence-corrected chi connectivity index (χ2v) is 7.97. The number of likely N-dealkylation sites (tertiary alicyclic amines) is 1. The molecule has 0 saturated carbocycles. The third-order valence-corrected chi connectivity index (χ3v) is 5.77. The van der Waals surface area contributed by atoms with E-state index in [1.165, 1.54) is 6.42 Å². The van der Waals surface area contributed by atoms with Crippen LogP contribution in [0.2, 0.25) is 0 Å². The lowest BCUT2D eigenvalue weighted by Gasteiger charge is -2.31. The van der Waals surface area contributed by atoms with Gasteiger partial charge in [0.15, 0.2) is 5.76 Å². The third-order valence-electron chi connectivity index (χ3n) is 5.77. The summed E-state index contributed by atoms with van der Waals surface area (Å²) in [5.74, 6) is 2.50. The van der Waals surface area contributed by atoms with E-state index in [0.717, 1.165) is 19.5 Å². The van der Waals surface area contributed by atoms with E-state index in [1.807, 2.05) is 6.07 Å². The number of ketones is 1. The van der Waals surface area contributed by atoms with E-state index in [4.69, 9.17) is 14.2 Å². The van der Waals surface area contributed by atoms with Crippen molar-refractivity contribution >= 4 is 11.9 Å². The van der Waals surface area contributed by atoms with E-state index >= 15 is 0 Å². The number of benzene rings is 2. The second-order valence-electron chi connectivity index (χ2n) is 7.97. The molecule has 2 aliphatic heterocycles. The molecular formula is C24H27NO5. The fraction of sp³-hybridized carbons (Fsp3) is 0.375. The van der Waals surface area contributed by atoms with Crippen LogP contribution in [0.5, 0.6) is 23.0 Å². The molecule has 2 heterocycles. The molecule has 0 amide bonds. The standard InChI is InChI=1S/C24H27NO5/c1-15-5-4-10-25(13-15)14-19-20(26)9-8-18-23(27)22(30-24(18)19)11-16-6-7-17(28-2)12-21(16)29-3/h6-9,11-12,15,26H,4-5,10,13-14H2,1-3H3/b22-11-/t15-/m0/s1. The monoisotopic (exact) mass is 409 g/mol. The first-order chi connectivity index (χ1) is 14.5. The van der Waals surface area contributed by atoms with Crippen LogP contribution in [0.1, 0.15) is 41.3 Å². The van der Waals surface area contributed by atoms with Crippen molar-refractivity contribution in [3.63, 3.8) is 0 Å². The molecule has 1 fully saturated rings. The fourth-order valence-electron chi connectivity index (χ4n) is 4.18. The maximum Gasteiger partial charge on any atom is 0.231 e. The van der Waals surface area contributed by atoms with Gasteiger partial charge in [0.2, 0.25) is 5.78 Å². The van der Waals surface area contributed by atoms with Crippen molar-refractivity contribution in [2.24, 2.45) is 5.92 Å². The van der Waals surface area contributed by atoms with E-state index in [2.05, 4.69) is 11.8 Å². The molecular weight excluding hydrogens is 382 g/mol. The Morgan fingerprint density at radius 1 is 1.23 bits per heavy atom. The summed E-state index contributed by atoms with van der Waals surface area (Å²) in [5, 5.41) is 10.5. The Bertz CT molecular complexity index is 997. The van der Waals surface area contributed by atoms with Gasteiger partial charge in [0.1, 0.15) is 23.0 Å². The molecule has 0 bridgehead atoms. The van der Waals surface area contributed by atoms with Crippen molar-refractivity contribution in [1.29, 1.82) is 0 Å². The number of Topliss-reactive ketones (excluding diaryl/α,β-unsaturated/α-hetero) is 1. The predicted octanol–water partition coefficient (Wildman–Crippen LogP) is 4.26. The smallest absolute Gasteiger partial charge is 0.231 e. The molecule has 1 atom stereocenters. The van der Waals surface area contributed by atoms with Crippen LogP contribution in [-0.2, 0) is 6.54 Å². The molecule has 0 aromatic heterocycles. The topological polar surface area (TPSA) is 68.2 Å². The largest absolute Gasteiger partial charge is 0.507 e. The van der Waals surface area contributed by atoms with E-state index in [0.29, 0.717) is 46.4 Å². The maximum atomic E-state index is 13.0. The normalized spacial score (nSPS) is 20.2. The van der Waals surface area contributed by atoms with Gasteiger partial charge in [-0.3, -0.25) is 9.69 Å². The summed E-state index contributed by atoms with van der Waals surface area (Å²) in [6.07, 6.45) is 4.03. The number of fused-ring (bicyclic) bond motifs is 1. The molecule has 0 unspecified atom stereocenters. The average molecular weight is 409 g/mol. The van der Waals surface area contributed by atoms with Crippen LogP contribution in [0.15, 0.2) is 36.1 Å². The van der Waals surface area contributed by atoms with Gasteiger partial charge in [0, 0.05) is 24.7 Å². The quantitative estimate of drug-likeness (QED) is 0.745. The lowest BCUT2D eigenvalue weighted by atomic mass is 9.99. The van der Waals surface area contributed by atoms with Gasteiger partial charge in [0.05, 0.1) is 25.3 Å². The minimum Gasteiger partial charge on any atom is -0.507 e. The number of carbonyl (C=O) groups is 1. The molecule has 1 N–H and O–H groups in total. The van der Waals surface area contributed by atoms with Gasteiger partial charge in [-0.25, -0.2) is 0 Å². The fourth-order valence-corrected chi connectivity index (χ4v) is 4.18. The van der Waals surface area contributed by atoms with Crippen molar-refractivity contribution in [3.05, 3.63) is 52.8 Å². The van der Waals surface area contributed by atoms with Gasteiger partial charge in [-0.15, -0.1) is 0 Å². The minimum atomic E-state index is -0.198. The molecule has 6 nitrogen and oxygen atoms in total. The average Bonchev–Trinajstić information content (AvgIpc) is 3.06. The number of carbonyl (C=O) groups excluding carboxylic acids is 1. The molecule has 2 aromatic rings. The summed E-state index contributed by atoms with van der Waals surface area (Å²) in [6.45, 7) is 4.76. The zero-order valence-electron chi connectivity index (χ0n) is 17.6. The van der Waals surface area contributed by atoms with Crippen LogP contribution < -0.4 is 14.2 Å². The summed E-state index contributed by atoms with van der Waals surface area (Å²) < 4.78 is 16.7. The zero-order chi connectivity index (χ0) is 21.3. The van der Waals surface area contributed by atoms with Crippen LogP contribution in [0.25, 0.3) is 6.08 Å². The number of rotatable bonds is 5. The molecule has 0 aliphatic carbocycles. The highest BCUT2D eigenvalue weighted by molar-refractivity contribution is 6.15. The molecule has 6 heteroatoms. The Morgan fingerprint density at radius 2 is 2.07 bits per heavy atom. The molecule has 2 aromatic carbocycles. The van der Waals surface area contributed by atoms with Crippen LogP contribution in [0.4, 0.5) is 0 Å². The van der Waals surface area contributed by atoms with E-state index < -0.39 is 0 Å². The summed E-state index contributed by atoms with van der Waals surface area (Å²) in [5.41, 5.74) is 1.86. The van der Waals surface area contributed by atoms with Crippen LogP contribution in [-0.4, -0.2) is 43.1 Å². The second kappa shape index (κ2) is 8.40. The molecule has 0 spiro atoms. The van der Waals surface area contributed by atoms with Crippen molar-refractivity contribution < 1.29 is 24.1 Å². The molecule has 1 saturated heterocycles. The van der Waals surface area contributed by atoms with Gasteiger partial charge in [-0.2, -0.15) is 0 Å². The maximum absolute atomic E-state index is 13.0. The molecule has 2 aliphatic rings. The highest BCUT2D eigenvalue weighted by Gasteiger charge is 2.32. The molecule has 0 radical (unpaired) electrons. The molecule has 158 valence electrons. The number of aromatic hydroxyl groups is 1. The number of hydrogen-bond acceptors (Lipinski definition) is 6. The Balaban J connectivity index is 1.65. The van der Waals surface area contributed by atoms with E-state index in [9.17, 15) is 9.90 Å². The first kappa shape index (κ1) is 20.3. The number of hydrogen-bond donors (Lipinski definition) is 1. The van der Waals surface area contributed by atoms with Crippen LogP contribution in [0, 0.1) is 5.92 Å². The van der Waals surface area contributed by atoms with Gasteiger partial charge < -0.3 is 19.3 Å². The summed E-state index contributed by atoms with van der Waals surface area (Å²) in [6, 6.07) is 8.59. The Hall–Kier alpha value is -2.99. The number of phenols is 1. The van der Waals surface area contributed by atoms with Crippen LogP contribution in [0.3, 0.4) is 0 Å². The highest BCUT2D eigenvalue weighted by atomic mass is 16.5. The number of piperidine rings is 1. The Kier molecular flexibility index (Phi) is 5.68. The molecule has 4 rings (SSSR count). The summed E-state index contributed by atoms with van der Waals surface area (Å²) in [7, 11) is 3.16. The lowest BCUT2D eigenvalue weighted by Crippen LogP contribution is -2.33. The van der Waals surface area contributed by atoms with Crippen molar-refractivity contribution in [3.8, 4) is 23.0 Å². The zero-order valence-corrected chi connectivity index (χ0v) is 17.6. The first-order valence-electron chi connectivity index (χ1n) is 10.2. The number of ether oxygens (including phenoxy) is 3. The third kappa shape index (κ3) is 3.87. The van der Waals surface area contributed by atoms with Gasteiger partial charge in [0.25, 0.3) is 0 Å². The Morgan fingerprint density at radius 3 is 2.80 bits per heavy atom. The number of phenolic OH excluding ortho intramolecular Hbond substituents is 1.